The normalized spacial score (nSPS) is 13.5. The van der Waals surface area contributed by atoms with Crippen LogP contribution in [-0.4, -0.2) is 0 Å². The molecule has 0 spiro atoms. The predicted octanol–water partition coefficient (Wildman–Crippen LogP) is 11.2. The molecule has 8 aromatic carbocycles. The highest BCUT2D eigenvalue weighted by Gasteiger charge is 2.29. The van der Waals surface area contributed by atoms with E-state index in [1.165, 1.54) is 91.4 Å². The van der Waals surface area contributed by atoms with Crippen LogP contribution in [0.15, 0.2) is 114 Å². The van der Waals surface area contributed by atoms with Gasteiger partial charge in [-0.3, -0.25) is 0 Å². The van der Waals surface area contributed by atoms with Crippen LogP contribution in [0.4, 0.5) is 0 Å². The van der Waals surface area contributed by atoms with E-state index in [0.29, 0.717) is 0 Å². The van der Waals surface area contributed by atoms with Crippen molar-refractivity contribution in [1.29, 1.82) is 0 Å². The third-order valence-electron chi connectivity index (χ3n) is 8.98. The molecule has 0 fully saturated rings. The third-order valence-corrected chi connectivity index (χ3v) is 10.5. The van der Waals surface area contributed by atoms with Gasteiger partial charge in [0.05, 0.1) is 0 Å². The Hall–Kier alpha value is -3.72. The molecule has 188 valence electrons. The van der Waals surface area contributed by atoms with Gasteiger partial charge in [-0.15, -0.1) is 0 Å². The Morgan fingerprint density at radius 2 is 0.950 bits per heavy atom. The lowest BCUT2D eigenvalue weighted by Gasteiger charge is -2.17. The van der Waals surface area contributed by atoms with Gasteiger partial charge in [0.25, 0.3) is 0 Å². The summed E-state index contributed by atoms with van der Waals surface area (Å²) in [5, 5.41) is 15.0. The number of hydrogen-bond donors (Lipinski definition) is 0. The summed E-state index contributed by atoms with van der Waals surface area (Å²) < 4.78 is 2.46. The first-order valence-electron chi connectivity index (χ1n) is 13.8. The van der Waals surface area contributed by atoms with Crippen molar-refractivity contribution in [3.8, 4) is 22.3 Å². The molecule has 0 saturated heterocycles. The van der Waals surface area contributed by atoms with E-state index in [2.05, 4.69) is 141 Å². The number of aryl methyl sites for hydroxylation is 1. The maximum absolute atomic E-state index is 3.95. The van der Waals surface area contributed by atoms with E-state index in [0.717, 1.165) is 17.3 Å². The van der Waals surface area contributed by atoms with E-state index < -0.39 is 0 Å². The molecule has 0 bridgehead atoms. The van der Waals surface area contributed by atoms with Gasteiger partial charge in [0.15, 0.2) is 0 Å². The van der Waals surface area contributed by atoms with Crippen LogP contribution >= 0.6 is 31.9 Å². The van der Waals surface area contributed by atoms with E-state index in [-0.39, 0.29) is 0 Å². The Labute approximate surface area is 248 Å². The summed E-state index contributed by atoms with van der Waals surface area (Å²) in [4.78, 5) is 0. The molecule has 0 heterocycles. The monoisotopic (exact) mass is 636 g/mol. The highest BCUT2D eigenvalue weighted by Crippen LogP contribution is 2.55. The SMILES string of the molecule is BrC1=c2cccc3c2c(c2c(-c4ccccc4)c4c5cccc6c(Br)ccc(c4c(-c4ccccc4)c23)c65)CC1. The fourth-order valence-corrected chi connectivity index (χ4v) is 8.48. The zero-order valence-electron chi connectivity index (χ0n) is 21.6. The zero-order chi connectivity index (χ0) is 26.5. The first kappa shape index (κ1) is 23.0. The van der Waals surface area contributed by atoms with Gasteiger partial charge in [-0.05, 0) is 106 Å². The van der Waals surface area contributed by atoms with Crippen molar-refractivity contribution in [1.82, 2.24) is 0 Å². The molecule has 8 aromatic rings. The molecular weight excluding hydrogens is 616 g/mol. The first-order chi connectivity index (χ1) is 19.7. The van der Waals surface area contributed by atoms with Crippen LogP contribution in [0.3, 0.4) is 0 Å². The first-order valence-corrected chi connectivity index (χ1v) is 15.4. The fourth-order valence-electron chi connectivity index (χ4n) is 7.49. The third kappa shape index (κ3) is 2.91. The van der Waals surface area contributed by atoms with Crippen molar-refractivity contribution in [3.05, 3.63) is 124 Å². The van der Waals surface area contributed by atoms with Crippen molar-refractivity contribution in [2.24, 2.45) is 0 Å². The predicted molar refractivity (Wildman–Crippen MR) is 180 cm³/mol. The van der Waals surface area contributed by atoms with Gasteiger partial charge in [-0.2, -0.15) is 0 Å². The van der Waals surface area contributed by atoms with Gasteiger partial charge in [0, 0.05) is 8.96 Å². The van der Waals surface area contributed by atoms with Gasteiger partial charge in [-0.1, -0.05) is 135 Å². The Morgan fingerprint density at radius 3 is 1.65 bits per heavy atom. The standard InChI is InChI=1S/C38H22Br2/c39-29-19-17-27-34-24(29)14-8-16-26(34)36-32(22-11-5-2-6-12-22)38-28-18-20-30(40)23-13-7-15-25(33(23)28)35(38)31(37(27)36)21-9-3-1-4-10-21/h1-17,19H,18,20H2. The topological polar surface area (TPSA) is 0 Å². The summed E-state index contributed by atoms with van der Waals surface area (Å²) in [6, 6.07) is 40.4. The summed E-state index contributed by atoms with van der Waals surface area (Å²) in [6.45, 7) is 0. The van der Waals surface area contributed by atoms with Crippen molar-refractivity contribution in [2.75, 3.05) is 0 Å². The lowest BCUT2D eigenvalue weighted by molar-refractivity contribution is 1.04. The number of halogens is 2. The molecule has 9 rings (SSSR count). The molecule has 0 radical (unpaired) electrons. The molecular formula is C38H22Br2. The van der Waals surface area contributed by atoms with Crippen LogP contribution in [0.1, 0.15) is 12.0 Å². The lowest BCUT2D eigenvalue weighted by Crippen LogP contribution is -2.10. The van der Waals surface area contributed by atoms with Crippen LogP contribution in [-0.2, 0) is 6.42 Å². The molecule has 1 aliphatic carbocycles. The lowest BCUT2D eigenvalue weighted by atomic mass is 9.86. The van der Waals surface area contributed by atoms with E-state index in [1.54, 1.807) is 0 Å². The second kappa shape index (κ2) is 8.39. The van der Waals surface area contributed by atoms with Crippen LogP contribution in [0.25, 0.3) is 80.6 Å². The van der Waals surface area contributed by atoms with Gasteiger partial charge in [0.2, 0.25) is 0 Å². The average Bonchev–Trinajstić information content (AvgIpc) is 3.51. The molecule has 0 atom stereocenters. The van der Waals surface area contributed by atoms with Gasteiger partial charge < -0.3 is 0 Å². The number of rotatable bonds is 2. The van der Waals surface area contributed by atoms with E-state index in [4.69, 9.17) is 0 Å². The molecule has 0 saturated carbocycles. The quantitative estimate of drug-likeness (QED) is 0.177. The minimum absolute atomic E-state index is 1.03. The molecule has 40 heavy (non-hydrogen) atoms. The average molecular weight is 638 g/mol. The van der Waals surface area contributed by atoms with Gasteiger partial charge >= 0.3 is 0 Å². The Bertz CT molecular complexity index is 2370. The highest BCUT2D eigenvalue weighted by atomic mass is 79.9. The second-order valence-corrected chi connectivity index (χ2v) is 12.7. The van der Waals surface area contributed by atoms with Crippen LogP contribution in [0.5, 0.6) is 0 Å². The summed E-state index contributed by atoms with van der Waals surface area (Å²) in [5.41, 5.74) is 6.79. The summed E-state index contributed by atoms with van der Waals surface area (Å²) >= 11 is 7.82. The van der Waals surface area contributed by atoms with Crippen LogP contribution in [0, 0.1) is 0 Å². The smallest absolute Gasteiger partial charge is 0.0254 e. The van der Waals surface area contributed by atoms with Gasteiger partial charge in [0.1, 0.15) is 0 Å². The second-order valence-electron chi connectivity index (χ2n) is 10.9. The number of hydrogen-bond acceptors (Lipinski definition) is 0. The largest absolute Gasteiger partial charge is 0.0622 e. The van der Waals surface area contributed by atoms with Crippen molar-refractivity contribution >= 4 is 90.2 Å². The zero-order valence-corrected chi connectivity index (χ0v) is 24.7. The van der Waals surface area contributed by atoms with Crippen molar-refractivity contribution < 1.29 is 0 Å². The Balaban J connectivity index is 1.71. The van der Waals surface area contributed by atoms with E-state index in [9.17, 15) is 0 Å². The minimum atomic E-state index is 1.03. The summed E-state index contributed by atoms with van der Waals surface area (Å²) in [6.07, 6.45) is 2.06. The molecule has 0 amide bonds. The molecule has 1 aliphatic rings. The van der Waals surface area contributed by atoms with Crippen molar-refractivity contribution in [3.63, 3.8) is 0 Å². The maximum Gasteiger partial charge on any atom is 0.0254 e. The molecule has 0 aromatic heterocycles. The van der Waals surface area contributed by atoms with Gasteiger partial charge in [-0.25, -0.2) is 0 Å². The number of fused-ring (bicyclic) bond motifs is 6. The molecule has 0 N–H and O–H groups in total. The Morgan fingerprint density at radius 1 is 0.400 bits per heavy atom. The maximum atomic E-state index is 3.95. The molecule has 0 nitrogen and oxygen atoms in total. The highest BCUT2D eigenvalue weighted by molar-refractivity contribution is 9.14. The molecule has 2 heteroatoms. The van der Waals surface area contributed by atoms with Crippen LogP contribution < -0.4 is 5.22 Å². The number of benzene rings is 6. The van der Waals surface area contributed by atoms with E-state index >= 15 is 0 Å². The Kier molecular flexibility index (Phi) is 4.83. The summed E-state index contributed by atoms with van der Waals surface area (Å²) in [7, 11) is 0. The molecule has 0 aliphatic heterocycles. The minimum Gasteiger partial charge on any atom is -0.0622 e. The molecule has 0 unspecified atom stereocenters. The summed E-state index contributed by atoms with van der Waals surface area (Å²) in [5.74, 6) is 0. The van der Waals surface area contributed by atoms with Crippen LogP contribution in [0.2, 0.25) is 0 Å². The van der Waals surface area contributed by atoms with Crippen molar-refractivity contribution in [2.45, 2.75) is 12.8 Å². The van der Waals surface area contributed by atoms with E-state index in [1.807, 2.05) is 0 Å². The fraction of sp³-hybridized carbons (Fsp3) is 0.0526.